The van der Waals surface area contributed by atoms with Crippen LogP contribution in [0.5, 0.6) is 0 Å². The predicted octanol–water partition coefficient (Wildman–Crippen LogP) is 2.74. The first-order valence-electron chi connectivity index (χ1n) is 9.56. The zero-order valence-electron chi connectivity index (χ0n) is 16.8. The molecule has 3 rings (SSSR count). The molecule has 0 aliphatic carbocycles. The number of aromatic nitrogens is 4. The molecule has 3 aromatic rings. The van der Waals surface area contributed by atoms with Crippen molar-refractivity contribution in [3.05, 3.63) is 45.0 Å². The third kappa shape index (κ3) is 4.34. The lowest BCUT2D eigenvalue weighted by Gasteiger charge is -2.22. The summed E-state index contributed by atoms with van der Waals surface area (Å²) in [6.45, 7) is 2.18. The van der Waals surface area contributed by atoms with Gasteiger partial charge in [-0.3, -0.25) is 9.36 Å². The predicted molar refractivity (Wildman–Crippen MR) is 118 cm³/mol. The average Bonchev–Trinajstić information content (AvgIpc) is 2.73. The molecule has 0 spiro atoms. The van der Waals surface area contributed by atoms with E-state index in [2.05, 4.69) is 26.3 Å². The third-order valence-electron chi connectivity index (χ3n) is 4.73. The second-order valence-electron chi connectivity index (χ2n) is 6.73. The fourth-order valence-electron chi connectivity index (χ4n) is 3.26. The van der Waals surface area contributed by atoms with Gasteiger partial charge in [-0.05, 0) is 25.0 Å². The Hall–Kier alpha value is -3.89. The van der Waals surface area contributed by atoms with Crippen molar-refractivity contribution in [2.45, 2.75) is 38.8 Å². The first-order chi connectivity index (χ1) is 14.9. The van der Waals surface area contributed by atoms with Gasteiger partial charge in [0.1, 0.15) is 23.3 Å². The summed E-state index contributed by atoms with van der Waals surface area (Å²) in [6.07, 6.45) is 1.26. The number of fused-ring (bicyclic) bond motifs is 1. The van der Waals surface area contributed by atoms with Crippen LogP contribution in [0.15, 0.2) is 23.0 Å². The first kappa shape index (κ1) is 21.8. The van der Waals surface area contributed by atoms with Crippen LogP contribution in [0.2, 0.25) is 5.02 Å². The minimum absolute atomic E-state index is 0.0444. The summed E-state index contributed by atoms with van der Waals surface area (Å²) in [5.41, 5.74) is 11.7. The second-order valence-corrected chi connectivity index (χ2v) is 7.14. The van der Waals surface area contributed by atoms with Gasteiger partial charge in [0.25, 0.3) is 5.56 Å². The molecule has 11 heteroatoms. The molecule has 5 N–H and O–H groups in total. The highest BCUT2D eigenvalue weighted by molar-refractivity contribution is 6.35. The number of nitriles is 2. The van der Waals surface area contributed by atoms with E-state index in [1.165, 1.54) is 4.57 Å². The van der Waals surface area contributed by atoms with Crippen LogP contribution in [0.4, 0.5) is 17.6 Å². The number of nitrogens with zero attached hydrogens (tertiary/aromatic N) is 6. The van der Waals surface area contributed by atoms with Crippen LogP contribution in [0.25, 0.3) is 10.9 Å². The van der Waals surface area contributed by atoms with Crippen LogP contribution in [-0.2, 0) is 6.54 Å². The molecule has 0 bridgehead atoms. The number of hydrogen-bond acceptors (Lipinski definition) is 9. The molecule has 0 aliphatic heterocycles. The number of hydrogen-bond donors (Lipinski definition) is 3. The molecular formula is C20H20ClN9O. The van der Waals surface area contributed by atoms with Crippen LogP contribution in [0, 0.1) is 22.7 Å². The van der Waals surface area contributed by atoms with Crippen LogP contribution in [-0.4, -0.2) is 19.5 Å². The molecular weight excluding hydrogens is 418 g/mol. The molecule has 0 radical (unpaired) electrons. The van der Waals surface area contributed by atoms with Crippen molar-refractivity contribution in [2.75, 3.05) is 16.8 Å². The first-order valence-corrected chi connectivity index (χ1v) is 9.94. The smallest absolute Gasteiger partial charge is 0.262 e. The zero-order valence-corrected chi connectivity index (χ0v) is 17.5. The van der Waals surface area contributed by atoms with Gasteiger partial charge in [-0.15, -0.1) is 0 Å². The van der Waals surface area contributed by atoms with Gasteiger partial charge in [0, 0.05) is 13.0 Å². The molecule has 0 saturated carbocycles. The summed E-state index contributed by atoms with van der Waals surface area (Å²) in [4.78, 5) is 25.9. The highest BCUT2D eigenvalue weighted by Crippen LogP contribution is 2.27. The number of nitrogens with one attached hydrogen (secondary N) is 1. The average molecular weight is 438 g/mol. The quantitative estimate of drug-likeness (QED) is 0.469. The highest BCUT2D eigenvalue weighted by Gasteiger charge is 2.22. The van der Waals surface area contributed by atoms with Gasteiger partial charge in [-0.2, -0.15) is 20.5 Å². The molecule has 31 heavy (non-hydrogen) atoms. The largest absolute Gasteiger partial charge is 0.382 e. The maximum absolute atomic E-state index is 13.3. The van der Waals surface area contributed by atoms with Gasteiger partial charge in [-0.1, -0.05) is 24.6 Å². The minimum Gasteiger partial charge on any atom is -0.382 e. The lowest BCUT2D eigenvalue weighted by molar-refractivity contribution is 0.550. The van der Waals surface area contributed by atoms with E-state index in [0.29, 0.717) is 34.6 Å². The van der Waals surface area contributed by atoms with E-state index in [1.807, 2.05) is 13.0 Å². The molecule has 0 amide bonds. The monoisotopic (exact) mass is 437 g/mol. The van der Waals surface area contributed by atoms with E-state index in [-0.39, 0.29) is 41.7 Å². The molecule has 1 aromatic carbocycles. The molecule has 158 valence electrons. The lowest BCUT2D eigenvalue weighted by Crippen LogP contribution is -2.30. The van der Waals surface area contributed by atoms with Gasteiger partial charge in [0.2, 0.25) is 5.95 Å². The summed E-state index contributed by atoms with van der Waals surface area (Å²) >= 11 is 6.26. The summed E-state index contributed by atoms with van der Waals surface area (Å²) in [7, 11) is 0. The van der Waals surface area contributed by atoms with E-state index >= 15 is 0 Å². The Morgan fingerprint density at radius 1 is 1.26 bits per heavy atom. The van der Waals surface area contributed by atoms with Crippen molar-refractivity contribution in [1.29, 1.82) is 10.5 Å². The molecule has 10 nitrogen and oxygen atoms in total. The number of anilines is 3. The number of rotatable bonds is 7. The van der Waals surface area contributed by atoms with Gasteiger partial charge in [0.05, 0.1) is 28.0 Å². The standard InChI is InChI=1S/C20H20ClN9O/c1-2-13(26-17-11(10-23)16(24)28-20(25)29-17)18-27-14-7-5-6-12(21)15(14)19(31)30(18)9-4-3-8-22/h5-7,13H,2-4,9H2,1H3,(H5,24,25,26,28,29)/t13-/m0/s1. The second kappa shape index (κ2) is 9.28. The number of nitrogens with two attached hydrogens (primary N) is 2. The molecule has 2 aromatic heterocycles. The van der Waals surface area contributed by atoms with E-state index < -0.39 is 6.04 Å². The number of nitrogen functional groups attached to an aromatic ring is 2. The van der Waals surface area contributed by atoms with Crippen molar-refractivity contribution in [1.82, 2.24) is 19.5 Å². The zero-order chi connectivity index (χ0) is 22.5. The van der Waals surface area contributed by atoms with Crippen molar-refractivity contribution in [3.63, 3.8) is 0 Å². The molecule has 0 saturated heterocycles. The maximum Gasteiger partial charge on any atom is 0.262 e. The summed E-state index contributed by atoms with van der Waals surface area (Å²) < 4.78 is 1.51. The van der Waals surface area contributed by atoms with Gasteiger partial charge in [-0.25, -0.2) is 4.98 Å². The maximum atomic E-state index is 13.3. The molecule has 1 atom stereocenters. The Bertz CT molecular complexity index is 1270. The van der Waals surface area contributed by atoms with Gasteiger partial charge in [0.15, 0.2) is 5.82 Å². The molecule has 2 heterocycles. The molecule has 0 fully saturated rings. The third-order valence-corrected chi connectivity index (χ3v) is 5.04. The van der Waals surface area contributed by atoms with Gasteiger partial charge < -0.3 is 16.8 Å². The van der Waals surface area contributed by atoms with Crippen LogP contribution >= 0.6 is 11.6 Å². The minimum atomic E-state index is -0.501. The Morgan fingerprint density at radius 2 is 2.03 bits per heavy atom. The Balaban J connectivity index is 2.17. The number of halogens is 1. The summed E-state index contributed by atoms with van der Waals surface area (Å²) in [6, 6.07) is 8.60. The Kier molecular flexibility index (Phi) is 6.53. The summed E-state index contributed by atoms with van der Waals surface area (Å²) in [5.74, 6) is 0.457. The molecule has 0 aliphatic rings. The fourth-order valence-corrected chi connectivity index (χ4v) is 3.51. The van der Waals surface area contributed by atoms with Gasteiger partial charge >= 0.3 is 0 Å². The highest BCUT2D eigenvalue weighted by atomic mass is 35.5. The van der Waals surface area contributed by atoms with E-state index in [9.17, 15) is 10.1 Å². The van der Waals surface area contributed by atoms with Crippen molar-refractivity contribution in [3.8, 4) is 12.1 Å². The SMILES string of the molecule is CC[C@H](Nc1nc(N)nc(N)c1C#N)c1nc2cccc(Cl)c2c(=O)n1CCCC#N. The lowest BCUT2D eigenvalue weighted by atomic mass is 10.1. The van der Waals surface area contributed by atoms with Crippen LogP contribution in [0.1, 0.15) is 43.6 Å². The fraction of sp³-hybridized carbons (Fsp3) is 0.300. The van der Waals surface area contributed by atoms with E-state index in [1.54, 1.807) is 18.2 Å². The van der Waals surface area contributed by atoms with E-state index in [0.717, 1.165) is 0 Å². The topological polar surface area (TPSA) is 172 Å². The Morgan fingerprint density at radius 3 is 2.71 bits per heavy atom. The number of benzene rings is 1. The van der Waals surface area contributed by atoms with Crippen molar-refractivity contribution >= 4 is 40.1 Å². The molecule has 0 unspecified atom stereocenters. The van der Waals surface area contributed by atoms with E-state index in [4.69, 9.17) is 28.3 Å². The van der Waals surface area contributed by atoms with Crippen LogP contribution < -0.4 is 22.3 Å². The Labute approximate surface area is 183 Å². The van der Waals surface area contributed by atoms with Crippen molar-refractivity contribution in [2.24, 2.45) is 0 Å². The van der Waals surface area contributed by atoms with Crippen molar-refractivity contribution < 1.29 is 0 Å². The number of unbranched alkanes of at least 4 members (excludes halogenated alkanes) is 1. The normalized spacial score (nSPS) is 11.6. The summed E-state index contributed by atoms with van der Waals surface area (Å²) in [5, 5.41) is 22.1. The van der Waals surface area contributed by atoms with Crippen LogP contribution in [0.3, 0.4) is 0 Å².